The van der Waals surface area contributed by atoms with Crippen molar-refractivity contribution in [2.45, 2.75) is 12.8 Å². The number of rotatable bonds is 4. The Labute approximate surface area is 144 Å². The predicted octanol–water partition coefficient (Wildman–Crippen LogP) is 3.27. The largest absolute Gasteiger partial charge is 0.361 e. The molecule has 0 spiro atoms. The molecular weight excluding hydrogens is 320 g/mol. The lowest BCUT2D eigenvalue weighted by Gasteiger charge is -2.32. The molecule has 1 fully saturated rings. The Morgan fingerprint density at radius 3 is 3.25 bits per heavy atom. The van der Waals surface area contributed by atoms with Crippen LogP contribution in [0.4, 0.5) is 5.13 Å². The number of hydrogen-bond acceptors (Lipinski definition) is 4. The number of piperidine rings is 1. The second-order valence-corrected chi connectivity index (χ2v) is 7.13. The number of carbonyl (C=O) groups is 1. The molecule has 124 valence electrons. The summed E-state index contributed by atoms with van der Waals surface area (Å²) in [6.07, 6.45) is 6.04. The fourth-order valence-corrected chi connectivity index (χ4v) is 3.99. The summed E-state index contributed by atoms with van der Waals surface area (Å²) in [7, 11) is 0. The average molecular weight is 340 g/mol. The highest BCUT2D eigenvalue weighted by Crippen LogP contribution is 2.24. The molecule has 24 heavy (non-hydrogen) atoms. The van der Waals surface area contributed by atoms with Gasteiger partial charge in [0.15, 0.2) is 5.13 Å². The number of amides is 1. The molecule has 0 bridgehead atoms. The lowest BCUT2D eigenvalue weighted by atomic mass is 9.98. The summed E-state index contributed by atoms with van der Waals surface area (Å²) in [4.78, 5) is 22.3. The molecular formula is C18H20N4OS. The third-order valence-corrected chi connectivity index (χ3v) is 5.41. The van der Waals surface area contributed by atoms with E-state index in [4.69, 9.17) is 0 Å². The van der Waals surface area contributed by atoms with E-state index in [2.05, 4.69) is 20.2 Å². The summed E-state index contributed by atoms with van der Waals surface area (Å²) in [5.74, 6) is 0.479. The van der Waals surface area contributed by atoms with Gasteiger partial charge < -0.3 is 15.2 Å². The molecule has 1 saturated heterocycles. The van der Waals surface area contributed by atoms with E-state index in [0.717, 1.165) is 47.5 Å². The van der Waals surface area contributed by atoms with Gasteiger partial charge in [-0.1, -0.05) is 0 Å². The highest BCUT2D eigenvalue weighted by molar-refractivity contribution is 7.13. The van der Waals surface area contributed by atoms with E-state index in [9.17, 15) is 4.79 Å². The Kier molecular flexibility index (Phi) is 4.21. The smallest absolute Gasteiger partial charge is 0.251 e. The second-order valence-electron chi connectivity index (χ2n) is 6.26. The summed E-state index contributed by atoms with van der Waals surface area (Å²) >= 11 is 1.68. The molecule has 1 amide bonds. The second kappa shape index (κ2) is 6.65. The van der Waals surface area contributed by atoms with E-state index in [-0.39, 0.29) is 5.91 Å². The van der Waals surface area contributed by atoms with Gasteiger partial charge in [-0.15, -0.1) is 11.3 Å². The number of fused-ring (bicyclic) bond motifs is 1. The number of aromatic nitrogens is 2. The fraction of sp³-hybridized carbons (Fsp3) is 0.333. The Bertz CT molecular complexity index is 827. The monoisotopic (exact) mass is 340 g/mol. The van der Waals surface area contributed by atoms with E-state index >= 15 is 0 Å². The topological polar surface area (TPSA) is 61.0 Å². The average Bonchev–Trinajstić information content (AvgIpc) is 3.30. The summed E-state index contributed by atoms with van der Waals surface area (Å²) in [5, 5.41) is 7.26. The van der Waals surface area contributed by atoms with Crippen molar-refractivity contribution in [1.82, 2.24) is 15.3 Å². The van der Waals surface area contributed by atoms with Crippen molar-refractivity contribution in [3.63, 3.8) is 0 Å². The van der Waals surface area contributed by atoms with Crippen LogP contribution in [0.3, 0.4) is 0 Å². The number of anilines is 1. The lowest BCUT2D eigenvalue weighted by Crippen LogP contribution is -2.41. The van der Waals surface area contributed by atoms with Crippen molar-refractivity contribution in [2.24, 2.45) is 5.92 Å². The van der Waals surface area contributed by atoms with Crippen LogP contribution in [0.25, 0.3) is 10.9 Å². The molecule has 1 atom stereocenters. The van der Waals surface area contributed by atoms with Crippen LogP contribution in [0.15, 0.2) is 42.0 Å². The SMILES string of the molecule is O=C(NC[C@H]1CCCN(c2nccs2)C1)c1ccc2[nH]ccc2c1. The lowest BCUT2D eigenvalue weighted by molar-refractivity contribution is 0.0946. The Balaban J connectivity index is 1.36. The molecule has 0 aliphatic carbocycles. The first-order chi connectivity index (χ1) is 11.8. The van der Waals surface area contributed by atoms with E-state index in [0.29, 0.717) is 12.5 Å². The molecule has 1 aliphatic heterocycles. The van der Waals surface area contributed by atoms with Gasteiger partial charge in [0.05, 0.1) is 0 Å². The van der Waals surface area contributed by atoms with Crippen LogP contribution in [-0.4, -0.2) is 35.5 Å². The minimum atomic E-state index is 0.00414. The van der Waals surface area contributed by atoms with Crippen LogP contribution in [0, 0.1) is 5.92 Å². The number of nitrogens with one attached hydrogen (secondary N) is 2. The van der Waals surface area contributed by atoms with Gasteiger partial charge in [-0.25, -0.2) is 4.98 Å². The number of hydrogen-bond donors (Lipinski definition) is 2. The molecule has 4 rings (SSSR count). The van der Waals surface area contributed by atoms with Gasteiger partial charge >= 0.3 is 0 Å². The van der Waals surface area contributed by atoms with Crippen LogP contribution in [-0.2, 0) is 0 Å². The molecule has 1 aromatic carbocycles. The van der Waals surface area contributed by atoms with Crippen molar-refractivity contribution in [3.8, 4) is 0 Å². The van der Waals surface area contributed by atoms with E-state index in [1.807, 2.05) is 42.0 Å². The summed E-state index contributed by atoms with van der Waals surface area (Å²) in [6, 6.07) is 7.75. The Morgan fingerprint density at radius 1 is 1.42 bits per heavy atom. The zero-order valence-corrected chi connectivity index (χ0v) is 14.2. The molecule has 0 saturated carbocycles. The number of benzene rings is 1. The van der Waals surface area contributed by atoms with Crippen molar-refractivity contribution < 1.29 is 4.79 Å². The van der Waals surface area contributed by atoms with Crippen molar-refractivity contribution in [1.29, 1.82) is 0 Å². The van der Waals surface area contributed by atoms with Gasteiger partial charge in [-0.3, -0.25) is 4.79 Å². The summed E-state index contributed by atoms with van der Waals surface area (Å²) < 4.78 is 0. The highest BCUT2D eigenvalue weighted by Gasteiger charge is 2.22. The zero-order valence-electron chi connectivity index (χ0n) is 13.4. The molecule has 1 aliphatic rings. The van der Waals surface area contributed by atoms with Crippen LogP contribution < -0.4 is 10.2 Å². The maximum Gasteiger partial charge on any atom is 0.251 e. The third kappa shape index (κ3) is 3.14. The van der Waals surface area contributed by atoms with Crippen LogP contribution >= 0.6 is 11.3 Å². The number of thiazole rings is 1. The van der Waals surface area contributed by atoms with Gasteiger partial charge in [-0.2, -0.15) is 0 Å². The molecule has 6 heteroatoms. The molecule has 0 radical (unpaired) electrons. The van der Waals surface area contributed by atoms with Gasteiger partial charge in [0.1, 0.15) is 0 Å². The van der Waals surface area contributed by atoms with Gasteiger partial charge in [0, 0.05) is 53.9 Å². The first-order valence-corrected chi connectivity index (χ1v) is 9.17. The maximum absolute atomic E-state index is 12.4. The highest BCUT2D eigenvalue weighted by atomic mass is 32.1. The molecule has 2 N–H and O–H groups in total. The number of aromatic amines is 1. The number of H-pyrrole nitrogens is 1. The van der Waals surface area contributed by atoms with Crippen LogP contribution in [0.5, 0.6) is 0 Å². The van der Waals surface area contributed by atoms with Gasteiger partial charge in [-0.05, 0) is 43.0 Å². The minimum Gasteiger partial charge on any atom is -0.361 e. The molecule has 2 aromatic heterocycles. The molecule has 3 aromatic rings. The van der Waals surface area contributed by atoms with Crippen molar-refractivity contribution in [2.75, 3.05) is 24.5 Å². The summed E-state index contributed by atoms with van der Waals surface area (Å²) in [6.45, 7) is 2.73. The fourth-order valence-electron chi connectivity index (χ4n) is 3.31. The molecule has 5 nitrogen and oxygen atoms in total. The van der Waals surface area contributed by atoms with Crippen LogP contribution in [0.1, 0.15) is 23.2 Å². The quantitative estimate of drug-likeness (QED) is 0.766. The van der Waals surface area contributed by atoms with Crippen molar-refractivity contribution >= 4 is 33.3 Å². The predicted molar refractivity (Wildman–Crippen MR) is 97.7 cm³/mol. The number of carbonyl (C=O) groups excluding carboxylic acids is 1. The molecule has 0 unspecified atom stereocenters. The van der Waals surface area contributed by atoms with E-state index < -0.39 is 0 Å². The van der Waals surface area contributed by atoms with Crippen LogP contribution in [0.2, 0.25) is 0 Å². The standard InChI is InChI=1S/C18H20N4OS/c23-17(15-3-4-16-14(10-15)5-6-19-16)21-11-13-2-1-8-22(12-13)18-20-7-9-24-18/h3-7,9-10,13,19H,1-2,8,11-12H2,(H,21,23)/t13-/m1/s1. The summed E-state index contributed by atoms with van der Waals surface area (Å²) in [5.41, 5.74) is 1.77. The van der Waals surface area contributed by atoms with E-state index in [1.54, 1.807) is 11.3 Å². The normalized spacial score (nSPS) is 18.0. The maximum atomic E-state index is 12.4. The third-order valence-electron chi connectivity index (χ3n) is 4.58. The first kappa shape index (κ1) is 15.2. The Morgan fingerprint density at radius 2 is 2.38 bits per heavy atom. The van der Waals surface area contributed by atoms with Gasteiger partial charge in [0.2, 0.25) is 0 Å². The van der Waals surface area contributed by atoms with Gasteiger partial charge in [0.25, 0.3) is 5.91 Å². The van der Waals surface area contributed by atoms with Crippen molar-refractivity contribution in [3.05, 3.63) is 47.6 Å². The molecule has 3 heterocycles. The zero-order chi connectivity index (χ0) is 16.4. The Hall–Kier alpha value is -2.34. The number of nitrogens with zero attached hydrogens (tertiary/aromatic N) is 2. The first-order valence-electron chi connectivity index (χ1n) is 8.29. The minimum absolute atomic E-state index is 0.00414. The van der Waals surface area contributed by atoms with E-state index in [1.165, 1.54) is 0 Å².